The third-order valence-electron chi connectivity index (χ3n) is 3.67. The fraction of sp³-hybridized carbons (Fsp3) is 0.812. The highest BCUT2D eigenvalue weighted by Gasteiger charge is 2.36. The highest BCUT2D eigenvalue weighted by molar-refractivity contribution is 7.90. The Morgan fingerprint density at radius 3 is 2.38 bits per heavy atom. The lowest BCUT2D eigenvalue weighted by Gasteiger charge is -2.24. The molecule has 1 fully saturated rings. The summed E-state index contributed by atoms with van der Waals surface area (Å²) in [7, 11) is -3.83. The SMILES string of the molecule is CC(=O)OCCCS(=O)(=O)NC(=O)[C@@H]1CCC[C@@H]1NC(=O)OC(C)(C)C. The number of ether oxygens (including phenoxy) is 2. The molecule has 0 radical (unpaired) electrons. The van der Waals surface area contributed by atoms with E-state index in [4.69, 9.17) is 4.74 Å². The van der Waals surface area contributed by atoms with Gasteiger partial charge in [-0.15, -0.1) is 0 Å². The first-order valence-electron chi connectivity index (χ1n) is 8.57. The fourth-order valence-electron chi connectivity index (χ4n) is 2.65. The maximum atomic E-state index is 12.3. The first kappa shape index (κ1) is 22.2. The molecule has 26 heavy (non-hydrogen) atoms. The van der Waals surface area contributed by atoms with Crippen molar-refractivity contribution in [1.29, 1.82) is 0 Å². The van der Waals surface area contributed by atoms with Crippen LogP contribution in [0.1, 0.15) is 53.4 Å². The molecule has 0 bridgehead atoms. The molecule has 10 heteroatoms. The lowest BCUT2D eigenvalue weighted by Crippen LogP contribution is -2.47. The van der Waals surface area contributed by atoms with Crippen LogP contribution in [0.3, 0.4) is 0 Å². The number of amides is 2. The predicted octanol–water partition coefficient (Wildman–Crippen LogP) is 1.08. The van der Waals surface area contributed by atoms with Crippen molar-refractivity contribution in [3.63, 3.8) is 0 Å². The Balaban J connectivity index is 2.53. The van der Waals surface area contributed by atoms with Crippen molar-refractivity contribution in [1.82, 2.24) is 10.0 Å². The minimum atomic E-state index is -3.83. The average Bonchev–Trinajstić information content (AvgIpc) is 2.89. The molecule has 0 aliphatic heterocycles. The molecule has 1 aliphatic rings. The summed E-state index contributed by atoms with van der Waals surface area (Å²) in [5.41, 5.74) is -0.661. The Morgan fingerprint density at radius 1 is 1.15 bits per heavy atom. The molecule has 0 spiro atoms. The van der Waals surface area contributed by atoms with Crippen molar-refractivity contribution in [2.45, 2.75) is 65.0 Å². The summed E-state index contributed by atoms with van der Waals surface area (Å²) >= 11 is 0. The van der Waals surface area contributed by atoms with Gasteiger partial charge in [0, 0.05) is 13.0 Å². The van der Waals surface area contributed by atoms with Gasteiger partial charge in [-0.2, -0.15) is 0 Å². The first-order chi connectivity index (χ1) is 11.9. The van der Waals surface area contributed by atoms with Crippen LogP contribution in [0.25, 0.3) is 0 Å². The van der Waals surface area contributed by atoms with Crippen LogP contribution in [0.4, 0.5) is 4.79 Å². The molecule has 150 valence electrons. The molecular weight excluding hydrogens is 364 g/mol. The van der Waals surface area contributed by atoms with Gasteiger partial charge in [0.2, 0.25) is 15.9 Å². The van der Waals surface area contributed by atoms with Crippen molar-refractivity contribution in [3.05, 3.63) is 0 Å². The van der Waals surface area contributed by atoms with E-state index in [2.05, 4.69) is 10.1 Å². The number of sulfonamides is 1. The minimum absolute atomic E-state index is 0.0311. The van der Waals surface area contributed by atoms with Crippen molar-refractivity contribution in [3.8, 4) is 0 Å². The Bertz CT molecular complexity index is 625. The second-order valence-corrected chi connectivity index (χ2v) is 9.11. The zero-order chi connectivity index (χ0) is 20.0. The number of alkyl carbamates (subject to hydrolysis) is 1. The van der Waals surface area contributed by atoms with Crippen molar-refractivity contribution in [2.24, 2.45) is 5.92 Å². The van der Waals surface area contributed by atoms with Gasteiger partial charge in [-0.25, -0.2) is 13.2 Å². The van der Waals surface area contributed by atoms with Gasteiger partial charge in [-0.05, 0) is 40.0 Å². The third kappa shape index (κ3) is 8.50. The summed E-state index contributed by atoms with van der Waals surface area (Å²) in [6.07, 6.45) is 1.21. The summed E-state index contributed by atoms with van der Waals surface area (Å²) < 4.78 is 35.8. The Labute approximate surface area is 154 Å². The quantitative estimate of drug-likeness (QED) is 0.490. The van der Waals surface area contributed by atoms with E-state index in [1.807, 2.05) is 4.72 Å². The van der Waals surface area contributed by atoms with E-state index >= 15 is 0 Å². The van der Waals surface area contributed by atoms with Gasteiger partial charge in [0.05, 0.1) is 18.3 Å². The number of esters is 1. The maximum Gasteiger partial charge on any atom is 0.407 e. The number of rotatable bonds is 7. The van der Waals surface area contributed by atoms with Crippen molar-refractivity contribution in [2.75, 3.05) is 12.4 Å². The zero-order valence-electron chi connectivity index (χ0n) is 15.7. The number of carbonyl (C=O) groups is 3. The van der Waals surface area contributed by atoms with Crippen LogP contribution in [0.5, 0.6) is 0 Å². The smallest absolute Gasteiger partial charge is 0.407 e. The van der Waals surface area contributed by atoms with Gasteiger partial charge in [0.1, 0.15) is 5.60 Å². The zero-order valence-corrected chi connectivity index (χ0v) is 16.5. The summed E-state index contributed by atoms with van der Waals surface area (Å²) in [5, 5.41) is 2.64. The highest BCUT2D eigenvalue weighted by atomic mass is 32.2. The molecule has 1 saturated carbocycles. The van der Waals surface area contributed by atoms with Crippen LogP contribution >= 0.6 is 0 Å². The first-order valence-corrected chi connectivity index (χ1v) is 10.2. The molecule has 2 N–H and O–H groups in total. The summed E-state index contributed by atoms with van der Waals surface area (Å²) in [4.78, 5) is 34.8. The standard InChI is InChI=1S/C16H28N2O7S/c1-11(19)24-9-6-10-26(22,23)18-14(20)12-7-5-8-13(12)17-15(21)25-16(2,3)4/h12-13H,5-10H2,1-4H3,(H,17,21)(H,18,20)/t12-,13+/m1/s1. The van der Waals surface area contributed by atoms with Crippen LogP contribution in [-0.4, -0.2) is 50.4 Å². The van der Waals surface area contributed by atoms with E-state index < -0.39 is 45.6 Å². The topological polar surface area (TPSA) is 128 Å². The predicted molar refractivity (Wildman–Crippen MR) is 93.7 cm³/mol. The normalized spacial score (nSPS) is 20.3. The lowest BCUT2D eigenvalue weighted by atomic mass is 10.0. The van der Waals surface area contributed by atoms with Crippen LogP contribution in [0.2, 0.25) is 0 Å². The van der Waals surface area contributed by atoms with Crippen molar-refractivity contribution < 1.29 is 32.3 Å². The Morgan fingerprint density at radius 2 is 1.81 bits per heavy atom. The number of carbonyl (C=O) groups excluding carboxylic acids is 3. The van der Waals surface area contributed by atoms with Gasteiger partial charge in [-0.3, -0.25) is 14.3 Å². The molecule has 0 aromatic heterocycles. The number of hydrogen-bond acceptors (Lipinski definition) is 7. The summed E-state index contributed by atoms with van der Waals surface area (Å²) in [6, 6.07) is -0.471. The second kappa shape index (κ2) is 9.20. The van der Waals surface area contributed by atoms with Crippen LogP contribution < -0.4 is 10.0 Å². The molecule has 2 amide bonds. The van der Waals surface area contributed by atoms with E-state index in [0.29, 0.717) is 19.3 Å². The van der Waals surface area contributed by atoms with Crippen LogP contribution in [0.15, 0.2) is 0 Å². The molecular formula is C16H28N2O7S. The lowest BCUT2D eigenvalue weighted by molar-refractivity contribution is -0.141. The molecule has 0 unspecified atom stereocenters. The van der Waals surface area contributed by atoms with Gasteiger partial charge >= 0.3 is 12.1 Å². The van der Waals surface area contributed by atoms with Crippen molar-refractivity contribution >= 4 is 28.0 Å². The minimum Gasteiger partial charge on any atom is -0.466 e. The molecule has 9 nitrogen and oxygen atoms in total. The molecule has 0 saturated heterocycles. The monoisotopic (exact) mass is 392 g/mol. The van der Waals surface area contributed by atoms with E-state index in [1.54, 1.807) is 20.8 Å². The van der Waals surface area contributed by atoms with Gasteiger partial charge in [-0.1, -0.05) is 6.42 Å². The highest BCUT2D eigenvalue weighted by Crippen LogP contribution is 2.26. The van der Waals surface area contributed by atoms with Crippen LogP contribution in [0, 0.1) is 5.92 Å². The van der Waals surface area contributed by atoms with Gasteiger partial charge in [0.25, 0.3) is 0 Å². The maximum absolute atomic E-state index is 12.3. The van der Waals surface area contributed by atoms with E-state index in [9.17, 15) is 22.8 Å². The fourth-order valence-corrected chi connectivity index (χ4v) is 3.71. The molecule has 0 aromatic carbocycles. The van der Waals surface area contributed by atoms with Gasteiger partial charge < -0.3 is 14.8 Å². The Hall–Kier alpha value is -1.84. The molecule has 0 aromatic rings. The van der Waals surface area contributed by atoms with Crippen LogP contribution in [-0.2, 0) is 29.1 Å². The number of hydrogen-bond donors (Lipinski definition) is 2. The molecule has 0 heterocycles. The van der Waals surface area contributed by atoms with E-state index in [0.717, 1.165) is 0 Å². The summed E-state index contributed by atoms with van der Waals surface area (Å²) in [6.45, 7) is 6.39. The average molecular weight is 392 g/mol. The molecule has 2 atom stereocenters. The second-order valence-electron chi connectivity index (χ2n) is 7.27. The summed E-state index contributed by atoms with van der Waals surface area (Å²) in [5.74, 6) is -2.10. The largest absolute Gasteiger partial charge is 0.466 e. The third-order valence-corrected chi connectivity index (χ3v) is 5.01. The van der Waals surface area contributed by atoms with E-state index in [1.165, 1.54) is 6.92 Å². The van der Waals surface area contributed by atoms with Gasteiger partial charge in [0.15, 0.2) is 0 Å². The molecule has 1 rings (SSSR count). The number of nitrogens with one attached hydrogen (secondary N) is 2. The Kier molecular flexibility index (Phi) is 7.86. The van der Waals surface area contributed by atoms with E-state index in [-0.39, 0.29) is 18.8 Å². The molecule has 1 aliphatic carbocycles.